The van der Waals surface area contributed by atoms with E-state index >= 15 is 0 Å². The zero-order valence-corrected chi connectivity index (χ0v) is 14.6. The number of anilines is 1. The summed E-state index contributed by atoms with van der Waals surface area (Å²) in [4.78, 5) is 11.8. The van der Waals surface area contributed by atoms with Crippen LogP contribution in [-0.4, -0.2) is 22.6 Å². The highest BCUT2D eigenvalue weighted by Gasteiger charge is 2.11. The molecular weight excluding hydrogens is 336 g/mol. The lowest BCUT2D eigenvalue weighted by atomic mass is 10.2. The number of nitrogens with zero attached hydrogens (tertiary/aromatic N) is 2. The molecule has 3 N–H and O–H groups in total. The molecule has 0 aliphatic heterocycles. The van der Waals surface area contributed by atoms with Gasteiger partial charge in [0.25, 0.3) is 5.91 Å². The van der Waals surface area contributed by atoms with Crippen LogP contribution in [0.1, 0.15) is 23.7 Å². The third-order valence-electron chi connectivity index (χ3n) is 3.09. The second-order valence-corrected chi connectivity index (χ2v) is 6.18. The van der Waals surface area contributed by atoms with E-state index < -0.39 is 0 Å². The maximum Gasteiger partial charge on any atom is 0.277 e. The number of aryl methyl sites for hydroxylation is 2. The molecular formula is C15H17ClN4O2S. The van der Waals surface area contributed by atoms with Crippen molar-refractivity contribution >= 4 is 39.8 Å². The molecule has 0 fully saturated rings. The number of nitrogens with one attached hydrogen (secondary N) is 1. The Morgan fingerprint density at radius 2 is 2.22 bits per heavy atom. The van der Waals surface area contributed by atoms with E-state index in [1.165, 1.54) is 11.5 Å². The minimum absolute atomic E-state index is 0.143. The Labute approximate surface area is 143 Å². The summed E-state index contributed by atoms with van der Waals surface area (Å²) in [5.41, 5.74) is 11.3. The van der Waals surface area contributed by atoms with Gasteiger partial charge < -0.3 is 10.5 Å². The number of ether oxygens (including phenoxy) is 1. The highest BCUT2D eigenvalue weighted by Crippen LogP contribution is 2.22. The minimum atomic E-state index is -0.363. The van der Waals surface area contributed by atoms with E-state index in [0.717, 1.165) is 16.8 Å². The van der Waals surface area contributed by atoms with Gasteiger partial charge in [0.1, 0.15) is 10.8 Å². The molecule has 0 aliphatic carbocycles. The van der Waals surface area contributed by atoms with Gasteiger partial charge in [-0.2, -0.15) is 9.47 Å². The average molecular weight is 353 g/mol. The van der Waals surface area contributed by atoms with Crippen LogP contribution in [0.15, 0.2) is 23.3 Å². The number of benzene rings is 1. The maximum atomic E-state index is 11.8. The number of amides is 1. The van der Waals surface area contributed by atoms with Gasteiger partial charge in [-0.05, 0) is 56.1 Å². The Morgan fingerprint density at radius 3 is 2.83 bits per heavy atom. The third-order valence-corrected chi connectivity index (χ3v) is 4.10. The predicted molar refractivity (Wildman–Crippen MR) is 93.3 cm³/mol. The number of rotatable bonds is 5. The topological polar surface area (TPSA) is 89.6 Å². The molecule has 1 aromatic heterocycles. The standard InChI is InChI=1S/C15H17ClN4O2S/c1-8-6-11(16)4-5-12(8)22-7-13(21)19-18-9(2)14-10(3)20-23-15(14)17/h4-6H,7,17H2,1-3H3,(H,19,21)/b18-9-. The van der Waals surface area contributed by atoms with E-state index in [0.29, 0.717) is 21.5 Å². The molecule has 0 bridgehead atoms. The monoisotopic (exact) mass is 352 g/mol. The smallest absolute Gasteiger partial charge is 0.277 e. The average Bonchev–Trinajstić information content (AvgIpc) is 2.83. The molecule has 1 heterocycles. The molecule has 1 amide bonds. The van der Waals surface area contributed by atoms with Gasteiger partial charge in [-0.1, -0.05) is 11.6 Å². The summed E-state index contributed by atoms with van der Waals surface area (Å²) in [5, 5.41) is 5.24. The van der Waals surface area contributed by atoms with Gasteiger partial charge in [-0.25, -0.2) is 5.43 Å². The highest BCUT2D eigenvalue weighted by molar-refractivity contribution is 7.10. The van der Waals surface area contributed by atoms with Gasteiger partial charge in [0.2, 0.25) is 0 Å². The molecule has 0 atom stereocenters. The van der Waals surface area contributed by atoms with Crippen molar-refractivity contribution in [1.82, 2.24) is 9.80 Å². The van der Waals surface area contributed by atoms with E-state index in [2.05, 4.69) is 14.9 Å². The van der Waals surface area contributed by atoms with Gasteiger partial charge in [0.05, 0.1) is 17.0 Å². The number of hydrogen-bond donors (Lipinski definition) is 2. The third kappa shape index (κ3) is 4.43. The number of hydrazone groups is 1. The first-order valence-corrected chi connectivity index (χ1v) is 7.98. The van der Waals surface area contributed by atoms with Gasteiger partial charge in [-0.3, -0.25) is 4.79 Å². The molecule has 1 aromatic carbocycles. The predicted octanol–water partition coefficient (Wildman–Crippen LogP) is 2.91. The van der Waals surface area contributed by atoms with Crippen molar-refractivity contribution in [3.05, 3.63) is 40.0 Å². The lowest BCUT2D eigenvalue weighted by Gasteiger charge is -2.08. The second kappa shape index (κ2) is 7.43. The summed E-state index contributed by atoms with van der Waals surface area (Å²) < 4.78 is 9.59. The zero-order chi connectivity index (χ0) is 17.0. The molecule has 6 nitrogen and oxygen atoms in total. The summed E-state index contributed by atoms with van der Waals surface area (Å²) in [6.07, 6.45) is 0. The molecule has 0 saturated heterocycles. The number of nitrogen functional groups attached to an aromatic ring is 1. The minimum Gasteiger partial charge on any atom is -0.483 e. The Bertz CT molecular complexity index is 738. The Balaban J connectivity index is 1.93. The fourth-order valence-corrected chi connectivity index (χ4v) is 2.92. The van der Waals surface area contributed by atoms with Crippen molar-refractivity contribution < 1.29 is 9.53 Å². The number of carbonyl (C=O) groups is 1. The number of hydrogen-bond acceptors (Lipinski definition) is 6. The molecule has 8 heteroatoms. The maximum absolute atomic E-state index is 11.8. The van der Waals surface area contributed by atoms with E-state index in [1.54, 1.807) is 25.1 Å². The summed E-state index contributed by atoms with van der Waals surface area (Å²) in [7, 11) is 0. The van der Waals surface area contributed by atoms with Crippen LogP contribution in [0.25, 0.3) is 0 Å². The van der Waals surface area contributed by atoms with Crippen molar-refractivity contribution in [1.29, 1.82) is 0 Å². The van der Waals surface area contributed by atoms with Crippen LogP contribution in [0.5, 0.6) is 5.75 Å². The number of halogens is 1. The fraction of sp³-hybridized carbons (Fsp3) is 0.267. The Hall–Kier alpha value is -2.12. The lowest BCUT2D eigenvalue weighted by Crippen LogP contribution is -2.26. The van der Waals surface area contributed by atoms with Crippen LogP contribution >= 0.6 is 23.1 Å². The van der Waals surface area contributed by atoms with Crippen LogP contribution in [0.4, 0.5) is 5.00 Å². The molecule has 2 rings (SSSR count). The van der Waals surface area contributed by atoms with Crippen molar-refractivity contribution in [2.45, 2.75) is 20.8 Å². The van der Waals surface area contributed by atoms with E-state index in [9.17, 15) is 4.79 Å². The first kappa shape index (κ1) is 17.2. The zero-order valence-electron chi connectivity index (χ0n) is 13.0. The SMILES string of the molecule is C/C(=N/NC(=O)COc1ccc(Cl)cc1C)c1c(C)nsc1N. The second-order valence-electron chi connectivity index (χ2n) is 4.94. The molecule has 2 aromatic rings. The summed E-state index contributed by atoms with van der Waals surface area (Å²) >= 11 is 7.07. The van der Waals surface area contributed by atoms with Crippen molar-refractivity contribution in [2.75, 3.05) is 12.3 Å². The molecule has 0 saturated carbocycles. The highest BCUT2D eigenvalue weighted by atomic mass is 35.5. The van der Waals surface area contributed by atoms with Gasteiger partial charge in [0, 0.05) is 5.02 Å². The van der Waals surface area contributed by atoms with Crippen LogP contribution in [-0.2, 0) is 4.79 Å². The summed E-state index contributed by atoms with van der Waals surface area (Å²) in [6.45, 7) is 5.32. The van der Waals surface area contributed by atoms with Crippen LogP contribution in [0, 0.1) is 13.8 Å². The molecule has 0 aliphatic rings. The molecule has 122 valence electrons. The van der Waals surface area contributed by atoms with Crippen molar-refractivity contribution in [2.24, 2.45) is 5.10 Å². The van der Waals surface area contributed by atoms with Crippen LogP contribution < -0.4 is 15.9 Å². The summed E-state index contributed by atoms with van der Waals surface area (Å²) in [5.74, 6) is 0.241. The van der Waals surface area contributed by atoms with Crippen LogP contribution in [0.3, 0.4) is 0 Å². The van der Waals surface area contributed by atoms with Gasteiger partial charge in [0.15, 0.2) is 6.61 Å². The first-order chi connectivity index (χ1) is 10.9. The molecule has 0 spiro atoms. The largest absolute Gasteiger partial charge is 0.483 e. The van der Waals surface area contributed by atoms with Gasteiger partial charge in [-0.15, -0.1) is 0 Å². The molecule has 0 radical (unpaired) electrons. The Kier molecular flexibility index (Phi) is 5.57. The van der Waals surface area contributed by atoms with E-state index in [1.807, 2.05) is 13.8 Å². The molecule has 0 unspecified atom stereocenters. The van der Waals surface area contributed by atoms with E-state index in [4.69, 9.17) is 22.1 Å². The van der Waals surface area contributed by atoms with Crippen molar-refractivity contribution in [3.8, 4) is 5.75 Å². The molecule has 23 heavy (non-hydrogen) atoms. The first-order valence-electron chi connectivity index (χ1n) is 6.82. The quantitative estimate of drug-likeness (QED) is 0.639. The Morgan fingerprint density at radius 1 is 1.48 bits per heavy atom. The number of carbonyl (C=O) groups excluding carboxylic acids is 1. The number of aromatic nitrogens is 1. The van der Waals surface area contributed by atoms with Crippen molar-refractivity contribution in [3.63, 3.8) is 0 Å². The lowest BCUT2D eigenvalue weighted by molar-refractivity contribution is -0.123. The number of nitrogens with two attached hydrogens (primary N) is 1. The fourth-order valence-electron chi connectivity index (χ4n) is 1.98. The van der Waals surface area contributed by atoms with Gasteiger partial charge >= 0.3 is 0 Å². The summed E-state index contributed by atoms with van der Waals surface area (Å²) in [6, 6.07) is 5.20. The van der Waals surface area contributed by atoms with Crippen LogP contribution in [0.2, 0.25) is 5.02 Å². The normalized spacial score (nSPS) is 11.4. The van der Waals surface area contributed by atoms with E-state index in [-0.39, 0.29) is 12.5 Å².